The molecule has 1 aromatic carbocycles. The van der Waals surface area contributed by atoms with Crippen molar-refractivity contribution < 1.29 is 19.3 Å². The number of nitrogens with zero attached hydrogens (tertiary/aromatic N) is 4. The van der Waals surface area contributed by atoms with Crippen molar-refractivity contribution in [3.05, 3.63) is 51.3 Å². The molecule has 5 rings (SSSR count). The molecule has 3 aromatic heterocycles. The van der Waals surface area contributed by atoms with Gasteiger partial charge in [0.05, 0.1) is 33.3 Å². The Hall–Kier alpha value is -2.79. The van der Waals surface area contributed by atoms with Crippen LogP contribution in [0.1, 0.15) is 64.3 Å². The van der Waals surface area contributed by atoms with E-state index in [0.717, 1.165) is 4.88 Å². The summed E-state index contributed by atoms with van der Waals surface area (Å²) < 4.78 is 23.1. The molecule has 0 unspecified atom stereocenters. The van der Waals surface area contributed by atoms with Crippen LogP contribution < -0.4 is 10.1 Å². The first-order valence-corrected chi connectivity index (χ1v) is 13.2. The van der Waals surface area contributed by atoms with E-state index in [1.807, 2.05) is 43.7 Å². The van der Waals surface area contributed by atoms with E-state index in [2.05, 4.69) is 20.3 Å². The predicted molar refractivity (Wildman–Crippen MR) is 143 cm³/mol. The Morgan fingerprint density at radius 2 is 2.00 bits per heavy atom. The zero-order valence-electron chi connectivity index (χ0n) is 21.4. The normalized spacial score (nSPS) is 19.2. The highest BCUT2D eigenvalue weighted by atomic mass is 35.5. The van der Waals surface area contributed by atoms with Crippen LogP contribution in [0.2, 0.25) is 5.02 Å². The quantitative estimate of drug-likeness (QED) is 0.289. The molecule has 1 aliphatic rings. The summed E-state index contributed by atoms with van der Waals surface area (Å²) in [6, 6.07) is 4.37. The topological polar surface area (TPSA) is 105 Å². The summed E-state index contributed by atoms with van der Waals surface area (Å²) in [7, 11) is 0. The standard InChI is InChI=1S/C26H29ClFN5O3S/c1-12(2)33-16-10-13(9-15(28)19(16)30-23(33)25(3,4)35)18-14(27)11-29-24(31-18)32-20-21-17(7-8-37-21)36-26(5,6)22(20)34/h7-12,20,22,34-35H,1-6H3,(H,29,31,32)/t20-,22-/m0/s1. The summed E-state index contributed by atoms with van der Waals surface area (Å²) in [5.74, 6) is 0.749. The van der Waals surface area contributed by atoms with Crippen molar-refractivity contribution in [3.63, 3.8) is 0 Å². The van der Waals surface area contributed by atoms with Gasteiger partial charge in [0.1, 0.15) is 34.4 Å². The summed E-state index contributed by atoms with van der Waals surface area (Å²) >= 11 is 7.95. The third kappa shape index (κ3) is 4.46. The van der Waals surface area contributed by atoms with Crippen molar-refractivity contribution in [1.82, 2.24) is 19.5 Å². The molecule has 3 N–H and O–H groups in total. The second kappa shape index (κ2) is 8.90. The van der Waals surface area contributed by atoms with Crippen molar-refractivity contribution in [1.29, 1.82) is 0 Å². The lowest BCUT2D eigenvalue weighted by Gasteiger charge is -2.40. The third-order valence-electron chi connectivity index (χ3n) is 6.46. The van der Waals surface area contributed by atoms with Crippen molar-refractivity contribution in [2.45, 2.75) is 70.9 Å². The van der Waals surface area contributed by atoms with Crippen molar-refractivity contribution >= 4 is 39.9 Å². The molecule has 0 bridgehead atoms. The molecule has 196 valence electrons. The molecule has 11 heteroatoms. The van der Waals surface area contributed by atoms with Gasteiger partial charge in [-0.2, -0.15) is 0 Å². The van der Waals surface area contributed by atoms with Gasteiger partial charge in [0.15, 0.2) is 5.82 Å². The highest BCUT2D eigenvalue weighted by Gasteiger charge is 2.44. The van der Waals surface area contributed by atoms with Gasteiger partial charge in [-0.1, -0.05) is 11.6 Å². The number of aromatic nitrogens is 4. The van der Waals surface area contributed by atoms with E-state index in [0.29, 0.717) is 28.3 Å². The third-order valence-corrected chi connectivity index (χ3v) is 7.71. The van der Waals surface area contributed by atoms with Gasteiger partial charge in [0.2, 0.25) is 5.95 Å². The summed E-state index contributed by atoms with van der Waals surface area (Å²) in [6.07, 6.45) is 0.568. The van der Waals surface area contributed by atoms with Crippen LogP contribution in [0.15, 0.2) is 29.8 Å². The number of ether oxygens (including phenoxy) is 1. The lowest BCUT2D eigenvalue weighted by atomic mass is 9.91. The first-order valence-electron chi connectivity index (χ1n) is 12.0. The minimum Gasteiger partial charge on any atom is -0.484 e. The Balaban J connectivity index is 1.59. The molecule has 0 saturated carbocycles. The van der Waals surface area contributed by atoms with Gasteiger partial charge in [-0.05, 0) is 65.1 Å². The van der Waals surface area contributed by atoms with Gasteiger partial charge in [-0.25, -0.2) is 19.3 Å². The molecule has 0 fully saturated rings. The number of hydrogen-bond donors (Lipinski definition) is 3. The van der Waals surface area contributed by atoms with Gasteiger partial charge in [-0.3, -0.25) is 0 Å². The highest BCUT2D eigenvalue weighted by Crippen LogP contribution is 2.44. The molecule has 0 saturated heterocycles. The Morgan fingerprint density at radius 3 is 2.68 bits per heavy atom. The highest BCUT2D eigenvalue weighted by molar-refractivity contribution is 7.10. The molecule has 0 aliphatic carbocycles. The summed E-state index contributed by atoms with van der Waals surface area (Å²) in [4.78, 5) is 14.2. The fourth-order valence-corrected chi connectivity index (χ4v) is 5.77. The van der Waals surface area contributed by atoms with Crippen molar-refractivity contribution in [3.8, 4) is 17.0 Å². The molecular formula is C26H29ClFN5O3S. The van der Waals surface area contributed by atoms with Crippen molar-refractivity contribution in [2.75, 3.05) is 5.32 Å². The second-order valence-corrected chi connectivity index (χ2v) is 12.0. The van der Waals surface area contributed by atoms with E-state index in [1.165, 1.54) is 23.6 Å². The SMILES string of the molecule is CC(C)n1c(C(C)(C)O)nc2c(F)cc(-c3nc(N[C@H]4c5sccc5OC(C)(C)[C@H]4O)ncc3Cl)cc21. The average Bonchev–Trinajstić information content (AvgIpc) is 3.42. The monoisotopic (exact) mass is 545 g/mol. The number of anilines is 1. The number of benzene rings is 1. The molecule has 2 atom stereocenters. The van der Waals surface area contributed by atoms with Crippen LogP contribution in [0.4, 0.5) is 10.3 Å². The van der Waals surface area contributed by atoms with Gasteiger partial charge < -0.3 is 24.8 Å². The Labute approximate surface area is 223 Å². The molecule has 0 radical (unpaired) electrons. The molecule has 4 heterocycles. The molecule has 37 heavy (non-hydrogen) atoms. The fraction of sp³-hybridized carbons (Fsp3) is 0.423. The van der Waals surface area contributed by atoms with Crippen LogP contribution in [0.5, 0.6) is 5.75 Å². The smallest absolute Gasteiger partial charge is 0.223 e. The summed E-state index contributed by atoms with van der Waals surface area (Å²) in [5, 5.41) is 27.1. The Morgan fingerprint density at radius 1 is 1.27 bits per heavy atom. The number of aliphatic hydroxyl groups is 2. The molecule has 0 amide bonds. The fourth-order valence-electron chi connectivity index (χ4n) is 4.68. The maximum Gasteiger partial charge on any atom is 0.223 e. The number of halogens is 2. The van der Waals surface area contributed by atoms with Crippen LogP contribution in [0.3, 0.4) is 0 Å². The number of thiophene rings is 1. The van der Waals surface area contributed by atoms with Crippen LogP contribution in [-0.4, -0.2) is 41.4 Å². The zero-order valence-corrected chi connectivity index (χ0v) is 22.9. The average molecular weight is 546 g/mol. The lowest BCUT2D eigenvalue weighted by Crippen LogP contribution is -2.50. The minimum atomic E-state index is -1.27. The van der Waals surface area contributed by atoms with Crippen molar-refractivity contribution in [2.24, 2.45) is 0 Å². The van der Waals surface area contributed by atoms with Crippen LogP contribution in [0.25, 0.3) is 22.3 Å². The van der Waals surface area contributed by atoms with Gasteiger partial charge in [-0.15, -0.1) is 11.3 Å². The molecule has 8 nitrogen and oxygen atoms in total. The molecule has 4 aromatic rings. The Kier molecular flexibility index (Phi) is 6.22. The number of hydrogen-bond acceptors (Lipinski definition) is 8. The van der Waals surface area contributed by atoms with E-state index in [1.54, 1.807) is 19.9 Å². The van der Waals surface area contributed by atoms with Gasteiger partial charge in [0, 0.05) is 11.6 Å². The van der Waals surface area contributed by atoms with E-state index in [4.69, 9.17) is 16.3 Å². The second-order valence-electron chi connectivity index (χ2n) is 10.6. The summed E-state index contributed by atoms with van der Waals surface area (Å²) in [6.45, 7) is 10.8. The van der Waals surface area contributed by atoms with E-state index in [-0.39, 0.29) is 22.5 Å². The number of imidazole rings is 1. The van der Waals surface area contributed by atoms with E-state index < -0.39 is 29.2 Å². The van der Waals surface area contributed by atoms with Crippen LogP contribution >= 0.6 is 22.9 Å². The number of rotatable bonds is 5. The number of aliphatic hydroxyl groups excluding tert-OH is 1. The minimum absolute atomic E-state index is 0.0856. The van der Waals surface area contributed by atoms with E-state index in [9.17, 15) is 10.2 Å². The maximum absolute atomic E-state index is 15.3. The predicted octanol–water partition coefficient (Wildman–Crippen LogP) is 5.84. The lowest BCUT2D eigenvalue weighted by molar-refractivity contribution is -0.0519. The zero-order chi connectivity index (χ0) is 26.9. The molecule has 1 aliphatic heterocycles. The van der Waals surface area contributed by atoms with Gasteiger partial charge in [0.25, 0.3) is 0 Å². The largest absolute Gasteiger partial charge is 0.484 e. The molecular weight excluding hydrogens is 517 g/mol. The maximum atomic E-state index is 15.3. The van der Waals surface area contributed by atoms with Crippen LogP contribution in [0, 0.1) is 5.82 Å². The first-order chi connectivity index (χ1) is 17.3. The molecule has 0 spiro atoms. The summed E-state index contributed by atoms with van der Waals surface area (Å²) in [5.41, 5.74) is -0.643. The van der Waals surface area contributed by atoms with Gasteiger partial charge >= 0.3 is 0 Å². The first kappa shape index (κ1) is 25.8. The Bertz CT molecular complexity index is 1490. The number of fused-ring (bicyclic) bond motifs is 2. The number of nitrogens with one attached hydrogen (secondary N) is 1. The van der Waals surface area contributed by atoms with E-state index >= 15 is 4.39 Å². The van der Waals surface area contributed by atoms with Crippen LogP contribution in [-0.2, 0) is 5.60 Å².